The first kappa shape index (κ1) is 26.9. The standard InChI is InChI=1S/C23H39N5O3.HI/c1-24-23(25-15-20-6-5-8-28(20)10-11-29-2)26-19-7-9-27(17-19)16-18-12-21(30-3)14-22(13-18)31-4;/h12-14,19-20H,5-11,15-17H2,1-4H3,(H2,24,25,26);1H. The van der Waals surface area contributed by atoms with Gasteiger partial charge in [-0.1, -0.05) is 0 Å². The van der Waals surface area contributed by atoms with Gasteiger partial charge in [0, 0.05) is 65.0 Å². The normalized spacial score (nSPS) is 21.9. The maximum absolute atomic E-state index is 5.40. The molecule has 2 aliphatic rings. The van der Waals surface area contributed by atoms with E-state index in [2.05, 4.69) is 37.6 Å². The first-order chi connectivity index (χ1) is 15.1. The van der Waals surface area contributed by atoms with Crippen molar-refractivity contribution in [3.05, 3.63) is 23.8 Å². The molecule has 1 aromatic rings. The third-order valence-electron chi connectivity index (χ3n) is 6.24. The topological polar surface area (TPSA) is 70.6 Å². The highest BCUT2D eigenvalue weighted by Crippen LogP contribution is 2.24. The number of hydrogen-bond acceptors (Lipinski definition) is 6. The van der Waals surface area contributed by atoms with E-state index in [0.29, 0.717) is 12.1 Å². The molecule has 2 heterocycles. The van der Waals surface area contributed by atoms with Crippen molar-refractivity contribution in [1.29, 1.82) is 0 Å². The highest BCUT2D eigenvalue weighted by molar-refractivity contribution is 14.0. The average molecular weight is 562 g/mol. The summed E-state index contributed by atoms with van der Waals surface area (Å²) in [7, 11) is 7.00. The van der Waals surface area contributed by atoms with E-state index in [1.54, 1.807) is 21.3 Å². The predicted molar refractivity (Wildman–Crippen MR) is 140 cm³/mol. The fourth-order valence-corrected chi connectivity index (χ4v) is 4.54. The summed E-state index contributed by atoms with van der Waals surface area (Å²) in [5, 5.41) is 7.16. The molecular weight excluding hydrogens is 521 g/mol. The molecule has 2 N–H and O–H groups in total. The minimum absolute atomic E-state index is 0. The lowest BCUT2D eigenvalue weighted by atomic mass is 10.2. The summed E-state index contributed by atoms with van der Waals surface area (Å²) < 4.78 is 16.1. The van der Waals surface area contributed by atoms with Crippen molar-refractivity contribution < 1.29 is 14.2 Å². The van der Waals surface area contributed by atoms with Gasteiger partial charge in [-0.3, -0.25) is 14.8 Å². The molecule has 0 amide bonds. The molecular formula is C23H40IN5O3. The van der Waals surface area contributed by atoms with Gasteiger partial charge in [0.05, 0.1) is 20.8 Å². The molecule has 2 saturated heterocycles. The lowest BCUT2D eigenvalue weighted by Crippen LogP contribution is -2.48. The minimum atomic E-state index is 0. The van der Waals surface area contributed by atoms with E-state index < -0.39 is 0 Å². The number of guanidine groups is 1. The number of halogens is 1. The molecule has 2 atom stereocenters. The zero-order chi connectivity index (χ0) is 22.1. The summed E-state index contributed by atoms with van der Waals surface area (Å²) in [6.45, 7) is 6.80. The van der Waals surface area contributed by atoms with Crippen molar-refractivity contribution >= 4 is 29.9 Å². The number of methoxy groups -OCH3 is 3. The Morgan fingerprint density at radius 2 is 1.84 bits per heavy atom. The third-order valence-corrected chi connectivity index (χ3v) is 6.24. The Morgan fingerprint density at radius 1 is 1.09 bits per heavy atom. The van der Waals surface area contributed by atoms with Crippen LogP contribution in [0.15, 0.2) is 23.2 Å². The van der Waals surface area contributed by atoms with Gasteiger partial charge in [-0.15, -0.1) is 24.0 Å². The molecule has 8 nitrogen and oxygen atoms in total. The SMILES string of the molecule is CN=C(NCC1CCCN1CCOC)NC1CCN(Cc2cc(OC)cc(OC)c2)C1.I. The smallest absolute Gasteiger partial charge is 0.191 e. The van der Waals surface area contributed by atoms with Gasteiger partial charge in [0.15, 0.2) is 5.96 Å². The van der Waals surface area contributed by atoms with E-state index in [9.17, 15) is 0 Å². The van der Waals surface area contributed by atoms with Crippen LogP contribution in [-0.2, 0) is 11.3 Å². The lowest BCUT2D eigenvalue weighted by molar-refractivity contribution is 0.141. The number of rotatable bonds is 10. The second-order valence-corrected chi connectivity index (χ2v) is 8.36. The van der Waals surface area contributed by atoms with E-state index in [1.807, 2.05) is 13.1 Å². The molecule has 9 heteroatoms. The summed E-state index contributed by atoms with van der Waals surface area (Å²) in [4.78, 5) is 9.43. The van der Waals surface area contributed by atoms with Crippen LogP contribution in [-0.4, -0.2) is 95.6 Å². The molecule has 0 bridgehead atoms. The summed E-state index contributed by atoms with van der Waals surface area (Å²) >= 11 is 0. The van der Waals surface area contributed by atoms with E-state index in [-0.39, 0.29) is 24.0 Å². The molecule has 0 aromatic heterocycles. The average Bonchev–Trinajstić information content (AvgIpc) is 3.43. The van der Waals surface area contributed by atoms with Crippen molar-refractivity contribution in [2.45, 2.75) is 37.9 Å². The van der Waals surface area contributed by atoms with Crippen LogP contribution in [0.3, 0.4) is 0 Å². The van der Waals surface area contributed by atoms with Gasteiger partial charge in [0.25, 0.3) is 0 Å². The highest BCUT2D eigenvalue weighted by atomic mass is 127. The van der Waals surface area contributed by atoms with Gasteiger partial charge in [0.2, 0.25) is 0 Å². The zero-order valence-electron chi connectivity index (χ0n) is 19.9. The summed E-state index contributed by atoms with van der Waals surface area (Å²) in [5.74, 6) is 2.56. The lowest BCUT2D eigenvalue weighted by Gasteiger charge is -2.26. The maximum atomic E-state index is 5.40. The van der Waals surface area contributed by atoms with Crippen molar-refractivity contribution in [1.82, 2.24) is 20.4 Å². The molecule has 2 fully saturated rings. The van der Waals surface area contributed by atoms with E-state index in [0.717, 1.165) is 69.8 Å². The Morgan fingerprint density at radius 3 is 2.50 bits per heavy atom. The Bertz CT molecular complexity index is 699. The number of benzene rings is 1. The number of likely N-dealkylation sites (tertiary alicyclic amines) is 2. The van der Waals surface area contributed by atoms with Crippen molar-refractivity contribution in [2.75, 3.05) is 67.7 Å². The quantitative estimate of drug-likeness (QED) is 0.258. The highest BCUT2D eigenvalue weighted by Gasteiger charge is 2.26. The van der Waals surface area contributed by atoms with Crippen molar-refractivity contribution in [2.24, 2.45) is 4.99 Å². The Hall–Kier alpha value is -1.30. The van der Waals surface area contributed by atoms with Gasteiger partial charge >= 0.3 is 0 Å². The first-order valence-electron chi connectivity index (χ1n) is 11.3. The summed E-state index contributed by atoms with van der Waals surface area (Å²) in [6.07, 6.45) is 3.59. The molecule has 32 heavy (non-hydrogen) atoms. The second kappa shape index (κ2) is 14.1. The number of nitrogens with zero attached hydrogens (tertiary/aromatic N) is 3. The monoisotopic (exact) mass is 561 g/mol. The zero-order valence-corrected chi connectivity index (χ0v) is 22.3. The third kappa shape index (κ3) is 7.93. The molecule has 0 aliphatic carbocycles. The van der Waals surface area contributed by atoms with Crippen LogP contribution < -0.4 is 20.1 Å². The Labute approximate surface area is 210 Å². The summed E-state index contributed by atoms with van der Waals surface area (Å²) in [5.41, 5.74) is 1.21. The molecule has 2 unspecified atom stereocenters. The molecule has 0 spiro atoms. The largest absolute Gasteiger partial charge is 0.497 e. The maximum Gasteiger partial charge on any atom is 0.191 e. The number of nitrogens with one attached hydrogen (secondary N) is 2. The van der Waals surface area contributed by atoms with Gasteiger partial charge in [-0.25, -0.2) is 0 Å². The fraction of sp³-hybridized carbons (Fsp3) is 0.696. The van der Waals surface area contributed by atoms with E-state index in [4.69, 9.17) is 14.2 Å². The van der Waals surface area contributed by atoms with Crippen molar-refractivity contribution in [3.8, 4) is 11.5 Å². The van der Waals surface area contributed by atoms with Crippen LogP contribution >= 0.6 is 24.0 Å². The van der Waals surface area contributed by atoms with Gasteiger partial charge < -0.3 is 24.8 Å². The van der Waals surface area contributed by atoms with Gasteiger partial charge in [0.1, 0.15) is 11.5 Å². The molecule has 3 rings (SSSR count). The Balaban J connectivity index is 0.00000363. The molecule has 0 radical (unpaired) electrons. The molecule has 0 saturated carbocycles. The number of hydrogen-bond donors (Lipinski definition) is 2. The van der Waals surface area contributed by atoms with Crippen LogP contribution in [0.4, 0.5) is 0 Å². The van der Waals surface area contributed by atoms with Crippen LogP contribution in [0.5, 0.6) is 11.5 Å². The fourth-order valence-electron chi connectivity index (χ4n) is 4.54. The summed E-state index contributed by atoms with van der Waals surface area (Å²) in [6, 6.07) is 7.03. The molecule has 1 aromatic carbocycles. The Kier molecular flexibility index (Phi) is 11.8. The predicted octanol–water partition coefficient (Wildman–Crippen LogP) is 2.17. The van der Waals surface area contributed by atoms with Crippen LogP contribution in [0.1, 0.15) is 24.8 Å². The van der Waals surface area contributed by atoms with E-state index >= 15 is 0 Å². The number of ether oxygens (including phenoxy) is 3. The van der Waals surface area contributed by atoms with Gasteiger partial charge in [-0.05, 0) is 43.5 Å². The first-order valence-corrected chi connectivity index (χ1v) is 11.3. The molecule has 2 aliphatic heterocycles. The second-order valence-electron chi connectivity index (χ2n) is 8.36. The minimum Gasteiger partial charge on any atom is -0.497 e. The molecule has 182 valence electrons. The van der Waals surface area contributed by atoms with Crippen LogP contribution in [0.2, 0.25) is 0 Å². The van der Waals surface area contributed by atoms with Crippen LogP contribution in [0.25, 0.3) is 0 Å². The van der Waals surface area contributed by atoms with Gasteiger partial charge in [-0.2, -0.15) is 0 Å². The number of aliphatic imine (C=N–C) groups is 1. The van der Waals surface area contributed by atoms with E-state index in [1.165, 1.54) is 18.4 Å². The van der Waals surface area contributed by atoms with Crippen molar-refractivity contribution in [3.63, 3.8) is 0 Å². The van der Waals surface area contributed by atoms with Crippen LogP contribution in [0, 0.1) is 0 Å².